The number of fused-ring (bicyclic) bond motifs is 2. The fraction of sp³-hybridized carbons (Fsp3) is 0.725. The number of phenolic OH excluding ortho intramolecular Hbond substituents is 1. The van der Waals surface area contributed by atoms with Crippen LogP contribution >= 0.6 is 0 Å². The number of carbonyl (C=O) groups excluding carboxylic acids is 8. The molecule has 0 aliphatic carbocycles. The molecule has 0 radical (unpaired) electrons. The van der Waals surface area contributed by atoms with Crippen molar-refractivity contribution in [1.82, 2.24) is 36.4 Å². The lowest BCUT2D eigenvalue weighted by molar-refractivity contribution is -0.148. The molecule has 14 atom stereocenters. The van der Waals surface area contributed by atoms with Crippen LogP contribution < -0.4 is 36.5 Å². The lowest BCUT2D eigenvalue weighted by Crippen LogP contribution is -2.64. The topological polar surface area (TPSA) is 455 Å². The van der Waals surface area contributed by atoms with Crippen LogP contribution in [0, 0.1) is 5.92 Å². The molecular formula is C51H82N8O20S. The van der Waals surface area contributed by atoms with Gasteiger partial charge in [0, 0.05) is 44.7 Å². The van der Waals surface area contributed by atoms with E-state index in [1.165, 1.54) is 45.4 Å². The molecule has 3 aliphatic rings. The molecule has 0 bridgehead atoms. The third kappa shape index (κ3) is 20.0. The largest absolute Gasteiger partial charge is 0.504 e. The highest BCUT2D eigenvalue weighted by Crippen LogP contribution is 2.30. The first-order chi connectivity index (χ1) is 37.6. The summed E-state index contributed by atoms with van der Waals surface area (Å²) in [6, 6.07) is -9.31. The molecule has 29 heteroatoms. The SMILES string of the molecule is CCCCCCCCCCCCCCCC(=O)N[C@H]1C[C@@H](O)[C@@H](O)NC(=O)[C@@H]2[C@@H](O)[C@@H](C)CN2C(=O)[C@H](C(O)CC(N)=O)NC(=O)[C@H]([C@H](O)Cc2ccc(O)c(OS(=O)(=O)O)c2)NC(=O)[C@@H]2C[C@@H](O)CN2C(=O)[C@H]([C@@H](C)O)NC1=O. The monoisotopic (exact) mass is 1160 g/mol. The van der Waals surface area contributed by atoms with Gasteiger partial charge in [0.05, 0.1) is 36.9 Å². The number of carbonyl (C=O) groups is 8. The van der Waals surface area contributed by atoms with Gasteiger partial charge in [0.1, 0.15) is 42.4 Å². The molecular weight excluding hydrogens is 1080 g/mol. The minimum Gasteiger partial charge on any atom is -0.504 e. The molecule has 4 rings (SSSR count). The summed E-state index contributed by atoms with van der Waals surface area (Å²) in [6.45, 7) is 3.55. The highest BCUT2D eigenvalue weighted by atomic mass is 32.3. The molecule has 8 amide bonds. The van der Waals surface area contributed by atoms with Crippen LogP contribution in [0.5, 0.6) is 11.5 Å². The van der Waals surface area contributed by atoms with Gasteiger partial charge in [-0.2, -0.15) is 8.42 Å². The van der Waals surface area contributed by atoms with Crippen LogP contribution in [0.1, 0.15) is 135 Å². The number of nitrogens with two attached hydrogens (primary N) is 1. The fourth-order valence-corrected chi connectivity index (χ4v) is 10.4. The lowest BCUT2D eigenvalue weighted by atomic mass is 9.98. The maximum absolute atomic E-state index is 14.6. The number of nitrogens with zero attached hydrogens (tertiary/aromatic N) is 2. The quantitative estimate of drug-likeness (QED) is 0.0360. The Labute approximate surface area is 464 Å². The molecule has 0 spiro atoms. The van der Waals surface area contributed by atoms with Gasteiger partial charge in [-0.15, -0.1) is 0 Å². The number of aliphatic hydroxyl groups excluding tert-OH is 7. The van der Waals surface area contributed by atoms with E-state index in [9.17, 15) is 92.2 Å². The molecule has 3 heterocycles. The molecule has 1 aromatic carbocycles. The first kappa shape index (κ1) is 66.7. The summed E-state index contributed by atoms with van der Waals surface area (Å²) in [5.74, 6) is -12.4. The van der Waals surface area contributed by atoms with E-state index in [0.29, 0.717) is 17.7 Å². The van der Waals surface area contributed by atoms with E-state index in [1.807, 2.05) is 0 Å². The van der Waals surface area contributed by atoms with Gasteiger partial charge in [-0.1, -0.05) is 97.0 Å². The number of unbranched alkanes of at least 4 members (excludes halogenated alkanes) is 12. The van der Waals surface area contributed by atoms with Crippen LogP contribution in [0.3, 0.4) is 0 Å². The summed E-state index contributed by atoms with van der Waals surface area (Å²) < 4.78 is 36.6. The second-order valence-corrected chi connectivity index (χ2v) is 22.2. The predicted molar refractivity (Wildman–Crippen MR) is 281 cm³/mol. The van der Waals surface area contributed by atoms with Crippen molar-refractivity contribution < 1.29 is 96.4 Å². The van der Waals surface area contributed by atoms with Gasteiger partial charge in [0.25, 0.3) is 0 Å². The van der Waals surface area contributed by atoms with E-state index in [-0.39, 0.29) is 12.0 Å². The van der Waals surface area contributed by atoms with Crippen molar-refractivity contribution in [2.75, 3.05) is 13.1 Å². The van der Waals surface area contributed by atoms with Gasteiger partial charge in [0.2, 0.25) is 47.3 Å². The van der Waals surface area contributed by atoms with E-state index in [2.05, 4.69) is 37.7 Å². The minimum atomic E-state index is -5.23. The summed E-state index contributed by atoms with van der Waals surface area (Å²) >= 11 is 0. The van der Waals surface area contributed by atoms with Crippen molar-refractivity contribution in [3.05, 3.63) is 23.8 Å². The van der Waals surface area contributed by atoms with Crippen molar-refractivity contribution >= 4 is 57.7 Å². The average molecular weight is 1160 g/mol. The number of nitrogens with one attached hydrogen (secondary N) is 5. The molecule has 0 saturated carbocycles. The number of primary amides is 1. The molecule has 28 nitrogen and oxygen atoms in total. The Bertz CT molecular complexity index is 2400. The van der Waals surface area contributed by atoms with Gasteiger partial charge in [-0.05, 0) is 31.0 Å². The van der Waals surface area contributed by atoms with E-state index in [4.69, 9.17) is 5.73 Å². The Morgan fingerprint density at radius 2 is 1.30 bits per heavy atom. The zero-order valence-corrected chi connectivity index (χ0v) is 46.2. The molecule has 80 heavy (non-hydrogen) atoms. The zero-order chi connectivity index (χ0) is 59.6. The van der Waals surface area contributed by atoms with Crippen LogP contribution in [0.15, 0.2) is 18.2 Å². The molecule has 1 aromatic rings. The van der Waals surface area contributed by atoms with E-state index >= 15 is 0 Å². The highest BCUT2D eigenvalue weighted by Gasteiger charge is 2.50. The number of amides is 8. The Morgan fingerprint density at radius 3 is 1.88 bits per heavy atom. The summed E-state index contributed by atoms with van der Waals surface area (Å²) in [5.41, 5.74) is 5.21. The fourth-order valence-electron chi connectivity index (χ4n) is 10.1. The van der Waals surface area contributed by atoms with E-state index in [0.717, 1.165) is 62.1 Å². The van der Waals surface area contributed by atoms with Gasteiger partial charge < -0.3 is 87.2 Å². The normalized spacial score (nSPS) is 27.8. The maximum atomic E-state index is 14.6. The Balaban J connectivity index is 1.71. The number of aromatic hydroxyl groups is 1. The smallest absolute Gasteiger partial charge is 0.446 e. The first-order valence-electron chi connectivity index (χ1n) is 27.3. The van der Waals surface area contributed by atoms with Crippen molar-refractivity contribution in [1.29, 1.82) is 0 Å². The third-order valence-corrected chi connectivity index (χ3v) is 14.9. The number of benzene rings is 1. The number of hydrogen-bond acceptors (Lipinski definition) is 19. The maximum Gasteiger partial charge on any atom is 0.446 e. The van der Waals surface area contributed by atoms with Gasteiger partial charge >= 0.3 is 10.4 Å². The summed E-state index contributed by atoms with van der Waals surface area (Å²) in [4.78, 5) is 113. The molecule has 0 aromatic heterocycles. The van der Waals surface area contributed by atoms with Crippen LogP contribution in [-0.4, -0.2) is 203 Å². The van der Waals surface area contributed by atoms with E-state index in [1.54, 1.807) is 0 Å². The molecule has 1 unspecified atom stereocenters. The number of hydrogen-bond donors (Lipinski definition) is 15. The molecule has 3 fully saturated rings. The van der Waals surface area contributed by atoms with Crippen molar-refractivity contribution in [2.24, 2.45) is 11.7 Å². The molecule has 3 aliphatic heterocycles. The molecule has 3 saturated heterocycles. The molecule has 16 N–H and O–H groups in total. The average Bonchev–Trinajstić information content (AvgIpc) is 3.92. The number of aliphatic hydroxyl groups is 7. The van der Waals surface area contributed by atoms with Crippen LogP contribution in [0.4, 0.5) is 0 Å². The summed E-state index contributed by atoms with van der Waals surface area (Å²) in [6.07, 6.45) is -3.75. The predicted octanol–water partition coefficient (Wildman–Crippen LogP) is -3.12. The van der Waals surface area contributed by atoms with Crippen LogP contribution in [-0.2, 0) is 55.2 Å². The second-order valence-electron chi connectivity index (χ2n) is 21.2. The van der Waals surface area contributed by atoms with Crippen LogP contribution in [0.25, 0.3) is 0 Å². The summed E-state index contributed by atoms with van der Waals surface area (Å²) in [5, 5.41) is 100. The third-order valence-electron chi connectivity index (χ3n) is 14.5. The summed E-state index contributed by atoms with van der Waals surface area (Å²) in [7, 11) is -5.23. The van der Waals surface area contributed by atoms with Crippen molar-refractivity contribution in [2.45, 2.75) is 215 Å². The Morgan fingerprint density at radius 1 is 0.738 bits per heavy atom. The first-order valence-corrected chi connectivity index (χ1v) is 28.7. The highest BCUT2D eigenvalue weighted by molar-refractivity contribution is 7.81. The van der Waals surface area contributed by atoms with Gasteiger partial charge in [-0.25, -0.2) is 0 Å². The van der Waals surface area contributed by atoms with Gasteiger partial charge in [-0.3, -0.25) is 42.9 Å². The zero-order valence-electron chi connectivity index (χ0n) is 45.4. The van der Waals surface area contributed by atoms with Crippen molar-refractivity contribution in [3.63, 3.8) is 0 Å². The Kier molecular flexibility index (Phi) is 26.2. The standard InChI is InChI=1S/C51H82N8O20S/c1-4-5-6-7-8-9-10-11-12-13-14-15-16-17-39(67)53-31-23-36(65)47(71)57-49(73)43-44(68)27(2)25-59(43)51(75)42(35(64)24-38(52)66)56-48(72)41(34(63)20-29-18-19-33(62)37(21-29)79-80(76,77)78)55-46(70)32-22-30(61)26-58(32)50(74)40(28(3)60)54-45(31)69/h18-19,21,27-28,30-32,34-36,40-44,47,60-65,68,71H,4-17,20,22-26H2,1-3H3,(H2,52,66)(H,53,67)(H,54,69)(H,55,70)(H,56,72)(H,57,73)(H,76,77,78)/t27-,28+,30+,31-,32-,34+,35?,36+,40-,41-,42-,43-,44-,47+/m0/s1. The number of rotatable bonds is 24. The molecule has 452 valence electrons. The Hall–Kier alpha value is -5.79. The van der Waals surface area contributed by atoms with Crippen molar-refractivity contribution in [3.8, 4) is 11.5 Å². The van der Waals surface area contributed by atoms with Gasteiger partial charge in [0.15, 0.2) is 17.7 Å². The van der Waals surface area contributed by atoms with Crippen LogP contribution in [0.2, 0.25) is 0 Å². The second kappa shape index (κ2) is 31.4. The minimum absolute atomic E-state index is 0.0968. The van der Waals surface area contributed by atoms with E-state index < -0.39 is 193 Å². The number of phenols is 1. The lowest BCUT2D eigenvalue weighted by Gasteiger charge is -2.34.